The van der Waals surface area contributed by atoms with Gasteiger partial charge in [0.2, 0.25) is 0 Å². The Labute approximate surface area is 181 Å². The maximum Gasteiger partial charge on any atom is 0.252 e. The van der Waals surface area contributed by atoms with Crippen molar-refractivity contribution in [3.8, 4) is 0 Å². The van der Waals surface area contributed by atoms with Crippen molar-refractivity contribution in [1.82, 2.24) is 9.55 Å². The highest BCUT2D eigenvalue weighted by Crippen LogP contribution is 2.35. The molecule has 0 saturated carbocycles. The lowest BCUT2D eigenvalue weighted by Gasteiger charge is -2.33. The van der Waals surface area contributed by atoms with E-state index in [1.807, 2.05) is 37.4 Å². The van der Waals surface area contributed by atoms with Gasteiger partial charge in [0.15, 0.2) is 11.5 Å². The first-order chi connectivity index (χ1) is 14.0. The van der Waals surface area contributed by atoms with Crippen LogP contribution in [0.15, 0.2) is 56.1 Å². The number of aromatic nitrogens is 2. The molecule has 7 heteroatoms. The molecule has 0 aliphatic carbocycles. The summed E-state index contributed by atoms with van der Waals surface area (Å²) >= 11 is 9.66. The van der Waals surface area contributed by atoms with E-state index in [0.29, 0.717) is 5.02 Å². The third-order valence-electron chi connectivity index (χ3n) is 5.74. The van der Waals surface area contributed by atoms with Gasteiger partial charge in [-0.05, 0) is 53.0 Å². The molecule has 5 nitrogen and oxygen atoms in total. The molecule has 29 heavy (non-hydrogen) atoms. The molecule has 0 radical (unpaired) electrons. The number of aryl methyl sites for hydroxylation is 1. The number of halogens is 2. The van der Waals surface area contributed by atoms with Crippen molar-refractivity contribution < 1.29 is 4.42 Å². The zero-order chi connectivity index (χ0) is 20.1. The molecule has 2 aromatic heterocycles. The summed E-state index contributed by atoms with van der Waals surface area (Å²) in [4.78, 5) is 19.5. The number of hydrogen-bond acceptors (Lipinski definition) is 4. The van der Waals surface area contributed by atoms with Crippen molar-refractivity contribution in [1.29, 1.82) is 0 Å². The van der Waals surface area contributed by atoms with Crippen LogP contribution in [0.5, 0.6) is 0 Å². The normalized spacial score (nSPS) is 15.5. The second-order valence-corrected chi connectivity index (χ2v) is 8.78. The number of oxazole rings is 1. The molecule has 1 fully saturated rings. The van der Waals surface area contributed by atoms with E-state index < -0.39 is 0 Å². The first kappa shape index (κ1) is 18.7. The number of pyridine rings is 1. The van der Waals surface area contributed by atoms with Gasteiger partial charge in [-0.2, -0.15) is 0 Å². The number of piperidine rings is 1. The smallest absolute Gasteiger partial charge is 0.252 e. The number of rotatable bonds is 2. The van der Waals surface area contributed by atoms with Gasteiger partial charge < -0.3 is 13.9 Å². The highest BCUT2D eigenvalue weighted by Gasteiger charge is 2.26. The quantitative estimate of drug-likeness (QED) is 0.388. The molecule has 5 rings (SSSR count). The molecule has 148 valence electrons. The van der Waals surface area contributed by atoms with Crippen LogP contribution in [0.1, 0.15) is 24.7 Å². The Morgan fingerprint density at radius 3 is 2.76 bits per heavy atom. The van der Waals surface area contributed by atoms with E-state index in [2.05, 4.69) is 31.9 Å². The highest BCUT2D eigenvalue weighted by molar-refractivity contribution is 9.10. The van der Waals surface area contributed by atoms with Crippen molar-refractivity contribution in [2.75, 3.05) is 18.0 Å². The molecule has 0 unspecified atom stereocenters. The van der Waals surface area contributed by atoms with Crippen LogP contribution in [0.4, 0.5) is 5.69 Å². The molecule has 2 aromatic carbocycles. The average Bonchev–Trinajstić information content (AvgIpc) is 3.14. The number of fused-ring (bicyclic) bond motifs is 2. The SMILES string of the molecule is Cn1c(=O)cc(N2CCC(c3nc4cc(Cl)ccc4o3)CC2)c2cccc(Br)c21. The molecule has 0 amide bonds. The fraction of sp³-hybridized carbons (Fsp3) is 0.273. The van der Waals surface area contributed by atoms with Crippen LogP contribution in [0.3, 0.4) is 0 Å². The van der Waals surface area contributed by atoms with Gasteiger partial charge in [0.25, 0.3) is 5.56 Å². The van der Waals surface area contributed by atoms with Gasteiger partial charge in [0, 0.05) is 47.0 Å². The number of anilines is 1. The molecule has 0 spiro atoms. The molecule has 0 bridgehead atoms. The van der Waals surface area contributed by atoms with E-state index in [4.69, 9.17) is 16.0 Å². The van der Waals surface area contributed by atoms with Gasteiger partial charge in [0.05, 0.1) is 11.2 Å². The molecule has 1 aliphatic rings. The second kappa shape index (κ2) is 7.18. The summed E-state index contributed by atoms with van der Waals surface area (Å²) in [5.74, 6) is 1.04. The highest BCUT2D eigenvalue weighted by atomic mass is 79.9. The largest absolute Gasteiger partial charge is 0.440 e. The zero-order valence-electron chi connectivity index (χ0n) is 15.9. The Morgan fingerprint density at radius 1 is 1.17 bits per heavy atom. The molecule has 0 N–H and O–H groups in total. The van der Waals surface area contributed by atoms with Gasteiger partial charge >= 0.3 is 0 Å². The maximum absolute atomic E-state index is 12.5. The van der Waals surface area contributed by atoms with Gasteiger partial charge in [0.1, 0.15) is 5.52 Å². The monoisotopic (exact) mass is 471 g/mol. The number of hydrogen-bond donors (Lipinski definition) is 0. The Bertz CT molecular complexity index is 1290. The summed E-state index contributed by atoms with van der Waals surface area (Å²) in [6.07, 6.45) is 1.84. The summed E-state index contributed by atoms with van der Waals surface area (Å²) in [6.45, 7) is 1.69. The van der Waals surface area contributed by atoms with Crippen LogP contribution >= 0.6 is 27.5 Å². The second-order valence-electron chi connectivity index (χ2n) is 7.49. The first-order valence-electron chi connectivity index (χ1n) is 9.60. The summed E-state index contributed by atoms with van der Waals surface area (Å²) in [6, 6.07) is 13.3. The summed E-state index contributed by atoms with van der Waals surface area (Å²) < 4.78 is 8.60. The third kappa shape index (κ3) is 3.24. The van der Waals surface area contributed by atoms with Crippen LogP contribution in [0.25, 0.3) is 22.0 Å². The van der Waals surface area contributed by atoms with Crippen LogP contribution in [0, 0.1) is 0 Å². The molecular formula is C22H19BrClN3O2. The summed E-state index contributed by atoms with van der Waals surface area (Å²) in [5.41, 5.74) is 3.49. The minimum atomic E-state index is -0.00245. The van der Waals surface area contributed by atoms with Crippen LogP contribution < -0.4 is 10.5 Å². The lowest BCUT2D eigenvalue weighted by atomic mass is 9.96. The Hall–Kier alpha value is -2.31. The number of nitrogens with zero attached hydrogens (tertiary/aromatic N) is 3. The third-order valence-corrected chi connectivity index (χ3v) is 6.61. The molecule has 1 aliphatic heterocycles. The van der Waals surface area contributed by atoms with Crippen LogP contribution in [-0.4, -0.2) is 22.6 Å². The van der Waals surface area contributed by atoms with E-state index in [9.17, 15) is 4.79 Å². The lowest BCUT2D eigenvalue weighted by molar-refractivity contribution is 0.407. The van der Waals surface area contributed by atoms with Gasteiger partial charge in [-0.15, -0.1) is 0 Å². The van der Waals surface area contributed by atoms with E-state index >= 15 is 0 Å². The van der Waals surface area contributed by atoms with Crippen molar-refractivity contribution >= 4 is 55.2 Å². The number of para-hydroxylation sites is 1. The van der Waals surface area contributed by atoms with E-state index in [0.717, 1.165) is 64.0 Å². The molecule has 4 aromatic rings. The van der Waals surface area contributed by atoms with Crippen molar-refractivity contribution in [3.63, 3.8) is 0 Å². The first-order valence-corrected chi connectivity index (χ1v) is 10.8. The Kier molecular flexibility index (Phi) is 4.63. The maximum atomic E-state index is 12.5. The average molecular weight is 473 g/mol. The van der Waals surface area contributed by atoms with Crippen molar-refractivity contribution in [3.05, 3.63) is 68.2 Å². The van der Waals surface area contributed by atoms with E-state index in [1.165, 1.54) is 0 Å². The fourth-order valence-electron chi connectivity index (χ4n) is 4.19. The minimum absolute atomic E-state index is 0.00245. The van der Waals surface area contributed by atoms with Crippen LogP contribution in [-0.2, 0) is 7.05 Å². The van der Waals surface area contributed by atoms with Gasteiger partial charge in [-0.1, -0.05) is 23.7 Å². The minimum Gasteiger partial charge on any atom is -0.440 e. The van der Waals surface area contributed by atoms with E-state index in [-0.39, 0.29) is 11.5 Å². The molecule has 3 heterocycles. The molecular weight excluding hydrogens is 454 g/mol. The van der Waals surface area contributed by atoms with E-state index in [1.54, 1.807) is 10.6 Å². The lowest BCUT2D eigenvalue weighted by Crippen LogP contribution is -2.34. The number of benzene rings is 2. The standard InChI is InChI=1S/C22H19BrClN3O2/c1-26-20(28)12-18(15-3-2-4-16(23)21(15)26)27-9-7-13(8-10-27)22-25-17-11-14(24)5-6-19(17)29-22/h2-6,11-13H,7-10H2,1H3. The summed E-state index contributed by atoms with van der Waals surface area (Å²) in [7, 11) is 1.81. The Balaban J connectivity index is 1.44. The van der Waals surface area contributed by atoms with Gasteiger partial charge in [-0.25, -0.2) is 4.98 Å². The molecule has 1 saturated heterocycles. The van der Waals surface area contributed by atoms with Gasteiger partial charge in [-0.3, -0.25) is 4.79 Å². The predicted molar refractivity (Wildman–Crippen MR) is 120 cm³/mol. The van der Waals surface area contributed by atoms with Crippen LogP contribution in [0.2, 0.25) is 5.02 Å². The fourth-order valence-corrected chi connectivity index (χ4v) is 4.99. The van der Waals surface area contributed by atoms with Crippen molar-refractivity contribution in [2.45, 2.75) is 18.8 Å². The molecule has 0 atom stereocenters. The predicted octanol–water partition coefficient (Wildman–Crippen LogP) is 5.48. The van der Waals surface area contributed by atoms with Crippen molar-refractivity contribution in [2.24, 2.45) is 7.05 Å². The zero-order valence-corrected chi connectivity index (χ0v) is 18.2. The summed E-state index contributed by atoms with van der Waals surface area (Å²) in [5, 5.41) is 1.74. The Morgan fingerprint density at radius 2 is 1.97 bits per heavy atom. The topological polar surface area (TPSA) is 51.3 Å².